The predicted octanol–water partition coefficient (Wildman–Crippen LogP) is 5.33. The lowest BCUT2D eigenvalue weighted by molar-refractivity contribution is 0.102. The molecule has 0 spiro atoms. The molecule has 0 radical (unpaired) electrons. The second kappa shape index (κ2) is 7.68. The van der Waals surface area contributed by atoms with Crippen LogP contribution in [0.2, 0.25) is 0 Å². The molecule has 4 heterocycles. The van der Waals surface area contributed by atoms with Crippen molar-refractivity contribution in [2.45, 2.75) is 6.92 Å². The minimum atomic E-state index is -0.281. The van der Waals surface area contributed by atoms with Crippen LogP contribution in [0.25, 0.3) is 33.1 Å². The molecular formula is C25H18N6OS. The molecule has 4 aromatic heterocycles. The monoisotopic (exact) mass is 450 g/mol. The number of aryl methyl sites for hydroxylation is 1. The number of nitrogens with one attached hydrogen (secondary N) is 1. The van der Waals surface area contributed by atoms with Gasteiger partial charge in [-0.3, -0.25) is 10.1 Å². The van der Waals surface area contributed by atoms with Gasteiger partial charge in [0, 0.05) is 34.5 Å². The average molecular weight is 451 g/mol. The van der Waals surface area contributed by atoms with Gasteiger partial charge in [0.05, 0.1) is 11.4 Å². The van der Waals surface area contributed by atoms with E-state index < -0.39 is 0 Å². The molecule has 1 N–H and O–H groups in total. The highest BCUT2D eigenvalue weighted by Crippen LogP contribution is 2.26. The maximum Gasteiger partial charge on any atom is 0.258 e. The Hall–Kier alpha value is -4.30. The minimum Gasteiger partial charge on any atom is -0.306 e. The number of hydrogen-bond donors (Lipinski definition) is 1. The molecule has 0 aliphatic rings. The summed E-state index contributed by atoms with van der Waals surface area (Å²) in [4.78, 5) is 22.7. The molecule has 0 bridgehead atoms. The fourth-order valence-corrected chi connectivity index (χ4v) is 4.53. The van der Waals surface area contributed by atoms with E-state index in [-0.39, 0.29) is 11.9 Å². The highest BCUT2D eigenvalue weighted by molar-refractivity contribution is 7.15. The third kappa shape index (κ3) is 3.56. The number of nitrogens with zero attached hydrogens (tertiary/aromatic N) is 5. The summed E-state index contributed by atoms with van der Waals surface area (Å²) in [5.74, 6) is -0.00898. The third-order valence-corrected chi connectivity index (χ3v) is 6.26. The highest BCUT2D eigenvalue weighted by atomic mass is 32.1. The first kappa shape index (κ1) is 19.4. The number of rotatable bonds is 4. The maximum atomic E-state index is 12.9. The van der Waals surface area contributed by atoms with Gasteiger partial charge in [-0.1, -0.05) is 60.2 Å². The molecule has 8 heteroatoms. The third-order valence-electron chi connectivity index (χ3n) is 5.45. The van der Waals surface area contributed by atoms with Crippen LogP contribution in [0.5, 0.6) is 0 Å². The molecule has 160 valence electrons. The van der Waals surface area contributed by atoms with E-state index in [0.29, 0.717) is 11.2 Å². The summed E-state index contributed by atoms with van der Waals surface area (Å²) in [6.07, 6.45) is 3.78. The first-order valence-corrected chi connectivity index (χ1v) is 11.3. The van der Waals surface area contributed by atoms with E-state index in [2.05, 4.69) is 51.6 Å². The van der Waals surface area contributed by atoms with Crippen LogP contribution in [-0.2, 0) is 0 Å². The molecule has 0 saturated carbocycles. The van der Waals surface area contributed by atoms with Crippen molar-refractivity contribution in [3.05, 3.63) is 95.6 Å². The van der Waals surface area contributed by atoms with Gasteiger partial charge in [0.2, 0.25) is 4.96 Å². The molecule has 33 heavy (non-hydrogen) atoms. The van der Waals surface area contributed by atoms with Crippen molar-refractivity contribution >= 4 is 33.8 Å². The van der Waals surface area contributed by atoms with Crippen LogP contribution in [0.1, 0.15) is 15.9 Å². The smallest absolute Gasteiger partial charge is 0.258 e. The van der Waals surface area contributed by atoms with Gasteiger partial charge in [0.1, 0.15) is 5.65 Å². The zero-order valence-electron chi connectivity index (χ0n) is 17.6. The number of anilines is 1. The average Bonchev–Trinajstić information content (AvgIpc) is 3.54. The number of imidazole rings is 1. The molecule has 0 unspecified atom stereocenters. The summed E-state index contributed by atoms with van der Waals surface area (Å²) in [6.45, 7) is 2.05. The number of carbonyl (C=O) groups is 1. The van der Waals surface area contributed by atoms with E-state index in [9.17, 15) is 4.79 Å². The fraction of sp³-hybridized carbons (Fsp3) is 0.0400. The van der Waals surface area contributed by atoms with Crippen LogP contribution in [-0.4, -0.2) is 29.9 Å². The van der Waals surface area contributed by atoms with Crippen LogP contribution in [0.15, 0.2) is 84.5 Å². The van der Waals surface area contributed by atoms with E-state index >= 15 is 0 Å². The van der Waals surface area contributed by atoms with Crippen LogP contribution in [0.4, 0.5) is 5.95 Å². The van der Waals surface area contributed by atoms with Gasteiger partial charge in [-0.25, -0.2) is 9.50 Å². The standard InChI is InChI=1S/C25H18N6OS/c1-16-7-9-18(10-8-16)21-15-33-25-28-24(29-31(21)25)27-23(32)19-11-12-30-14-20(26-22(30)13-19)17-5-3-2-4-6-17/h2-15H,1H3,(H,27,29,32). The lowest BCUT2D eigenvalue weighted by Gasteiger charge is -2.02. The zero-order valence-corrected chi connectivity index (χ0v) is 18.5. The van der Waals surface area contributed by atoms with Crippen LogP contribution < -0.4 is 5.32 Å². The maximum absolute atomic E-state index is 12.9. The zero-order chi connectivity index (χ0) is 22.4. The summed E-state index contributed by atoms with van der Waals surface area (Å²) >= 11 is 1.48. The number of carbonyl (C=O) groups excluding carboxylic acids is 1. The van der Waals surface area contributed by atoms with Crippen molar-refractivity contribution in [1.82, 2.24) is 24.0 Å². The summed E-state index contributed by atoms with van der Waals surface area (Å²) in [6, 6.07) is 21.7. The van der Waals surface area contributed by atoms with Crippen molar-refractivity contribution < 1.29 is 4.79 Å². The van der Waals surface area contributed by atoms with Gasteiger partial charge in [-0.05, 0) is 19.1 Å². The number of hydrogen-bond acceptors (Lipinski definition) is 5. The van der Waals surface area contributed by atoms with Crippen molar-refractivity contribution in [3.8, 4) is 22.5 Å². The highest BCUT2D eigenvalue weighted by Gasteiger charge is 2.15. The summed E-state index contributed by atoms with van der Waals surface area (Å²) < 4.78 is 3.66. The quantitative estimate of drug-likeness (QED) is 0.394. The molecule has 0 atom stereocenters. The second-order valence-electron chi connectivity index (χ2n) is 7.74. The van der Waals surface area contributed by atoms with Crippen molar-refractivity contribution in [2.75, 3.05) is 5.32 Å². The molecule has 0 saturated heterocycles. The normalized spacial score (nSPS) is 11.3. The Balaban J connectivity index is 1.27. The first-order chi connectivity index (χ1) is 16.1. The fourth-order valence-electron chi connectivity index (χ4n) is 3.70. The van der Waals surface area contributed by atoms with Crippen molar-refractivity contribution in [1.29, 1.82) is 0 Å². The van der Waals surface area contributed by atoms with Crippen LogP contribution >= 0.6 is 11.3 Å². The lowest BCUT2D eigenvalue weighted by atomic mass is 10.1. The molecule has 7 nitrogen and oxygen atoms in total. The Morgan fingerprint density at radius 2 is 1.79 bits per heavy atom. The summed E-state index contributed by atoms with van der Waals surface area (Å²) in [7, 11) is 0. The molecule has 0 fully saturated rings. The van der Waals surface area contributed by atoms with Gasteiger partial charge in [-0.2, -0.15) is 4.98 Å². The largest absolute Gasteiger partial charge is 0.306 e. The molecule has 2 aromatic carbocycles. The number of pyridine rings is 1. The molecule has 0 aliphatic heterocycles. The van der Waals surface area contributed by atoms with Crippen molar-refractivity contribution in [2.24, 2.45) is 0 Å². The topological polar surface area (TPSA) is 76.6 Å². The Morgan fingerprint density at radius 3 is 2.61 bits per heavy atom. The lowest BCUT2D eigenvalue weighted by Crippen LogP contribution is -2.13. The Morgan fingerprint density at radius 1 is 0.970 bits per heavy atom. The summed E-state index contributed by atoms with van der Waals surface area (Å²) in [5, 5.41) is 9.33. The van der Waals surface area contributed by atoms with E-state index in [1.165, 1.54) is 16.9 Å². The first-order valence-electron chi connectivity index (χ1n) is 10.4. The summed E-state index contributed by atoms with van der Waals surface area (Å²) in [5.41, 5.74) is 6.25. The van der Waals surface area contributed by atoms with Gasteiger partial charge < -0.3 is 4.40 Å². The molecule has 1 amide bonds. The second-order valence-corrected chi connectivity index (χ2v) is 8.58. The van der Waals surface area contributed by atoms with Gasteiger partial charge in [0.25, 0.3) is 11.9 Å². The number of fused-ring (bicyclic) bond motifs is 2. The van der Waals surface area contributed by atoms with E-state index in [1.807, 2.05) is 52.5 Å². The molecule has 6 rings (SSSR count). The van der Waals surface area contributed by atoms with Crippen LogP contribution in [0, 0.1) is 6.92 Å². The van der Waals surface area contributed by atoms with E-state index in [4.69, 9.17) is 0 Å². The molecular weight excluding hydrogens is 432 g/mol. The van der Waals surface area contributed by atoms with Crippen molar-refractivity contribution in [3.63, 3.8) is 0 Å². The number of amides is 1. The van der Waals surface area contributed by atoms with Gasteiger partial charge >= 0.3 is 0 Å². The Labute approximate surface area is 193 Å². The van der Waals surface area contributed by atoms with Gasteiger partial charge in [-0.15, -0.1) is 16.4 Å². The van der Waals surface area contributed by atoms with E-state index in [0.717, 1.165) is 27.5 Å². The SMILES string of the molecule is Cc1ccc(-c2csc3nc(NC(=O)c4ccn5cc(-c6ccccc6)nc5c4)nn23)cc1. The predicted molar refractivity (Wildman–Crippen MR) is 130 cm³/mol. The van der Waals surface area contributed by atoms with Gasteiger partial charge in [0.15, 0.2) is 0 Å². The van der Waals surface area contributed by atoms with Crippen LogP contribution in [0.3, 0.4) is 0 Å². The minimum absolute atomic E-state index is 0.272. The Bertz CT molecular complexity index is 1610. The Kier molecular flexibility index (Phi) is 4.51. The van der Waals surface area contributed by atoms with E-state index in [1.54, 1.807) is 16.6 Å². The number of thiazole rings is 1. The molecule has 0 aliphatic carbocycles. The number of aromatic nitrogens is 5. The molecule has 6 aromatic rings. The number of benzene rings is 2.